The van der Waals surface area contributed by atoms with Gasteiger partial charge in [-0.3, -0.25) is 5.32 Å². The Morgan fingerprint density at radius 2 is 2.19 bits per heavy atom. The summed E-state index contributed by atoms with van der Waals surface area (Å²) in [6.07, 6.45) is 5.29. The second-order valence-electron chi connectivity index (χ2n) is 4.80. The number of nitriles is 1. The molecule has 4 nitrogen and oxygen atoms in total. The van der Waals surface area contributed by atoms with E-state index in [-0.39, 0.29) is 0 Å². The molecule has 0 bridgehead atoms. The number of nitrogens with one attached hydrogen (secondary N) is 2. The monoisotopic (exact) mass is 300 g/mol. The second kappa shape index (κ2) is 7.87. The molecule has 0 aliphatic heterocycles. The zero-order valence-corrected chi connectivity index (χ0v) is 13.0. The Labute approximate surface area is 130 Å². The molecule has 0 saturated heterocycles. The van der Waals surface area contributed by atoms with E-state index in [0.29, 0.717) is 0 Å². The number of aromatic nitrogens is 2. The Bertz CT molecular complexity index is 562. The predicted molar refractivity (Wildman–Crippen MR) is 86.0 cm³/mol. The van der Waals surface area contributed by atoms with Gasteiger partial charge in [0.15, 0.2) is 5.16 Å². The summed E-state index contributed by atoms with van der Waals surface area (Å²) < 4.78 is 0. The van der Waals surface area contributed by atoms with E-state index in [0.717, 1.165) is 35.9 Å². The topological polar surface area (TPSA) is 64.5 Å². The predicted octanol–water partition coefficient (Wildman–Crippen LogP) is 3.31. The quantitative estimate of drug-likeness (QED) is 0.734. The summed E-state index contributed by atoms with van der Waals surface area (Å²) in [5, 5.41) is 14.1. The van der Waals surface area contributed by atoms with Gasteiger partial charge in [-0.2, -0.15) is 5.26 Å². The van der Waals surface area contributed by atoms with E-state index in [9.17, 15) is 5.26 Å². The van der Waals surface area contributed by atoms with Crippen LogP contribution in [0.2, 0.25) is 0 Å². The van der Waals surface area contributed by atoms with E-state index in [2.05, 4.69) is 28.3 Å². The molecule has 0 radical (unpaired) electrons. The smallest absolute Gasteiger partial charge is 0.165 e. The lowest BCUT2D eigenvalue weighted by Gasteiger charge is -2.28. The first-order valence-corrected chi connectivity index (χ1v) is 8.13. The molecule has 1 unspecified atom stereocenters. The molecule has 0 spiro atoms. The fourth-order valence-corrected chi connectivity index (χ4v) is 3.07. The highest BCUT2D eigenvalue weighted by atomic mass is 32.2. The van der Waals surface area contributed by atoms with Crippen molar-refractivity contribution in [2.24, 2.45) is 0 Å². The minimum absolute atomic E-state index is 0.628. The van der Waals surface area contributed by atoms with Crippen LogP contribution in [0.5, 0.6) is 0 Å². The Balaban J connectivity index is 2.09. The number of imidazole rings is 1. The van der Waals surface area contributed by atoms with Gasteiger partial charge < -0.3 is 4.98 Å². The molecular weight excluding hydrogens is 280 g/mol. The van der Waals surface area contributed by atoms with Crippen molar-refractivity contribution < 1.29 is 0 Å². The lowest BCUT2D eigenvalue weighted by Crippen LogP contribution is -2.42. The van der Waals surface area contributed by atoms with Crippen molar-refractivity contribution in [1.82, 2.24) is 15.3 Å². The number of nitrogens with zero attached hydrogens (tertiary/aromatic N) is 2. The molecule has 1 aromatic carbocycles. The lowest BCUT2D eigenvalue weighted by atomic mass is 9.88. The number of rotatable bonds is 8. The van der Waals surface area contributed by atoms with Crippen LogP contribution < -0.4 is 5.32 Å². The molecule has 0 amide bonds. The van der Waals surface area contributed by atoms with Crippen LogP contribution in [-0.4, -0.2) is 22.3 Å². The van der Waals surface area contributed by atoms with Gasteiger partial charge in [0.05, 0.1) is 6.07 Å². The largest absolute Gasteiger partial charge is 0.340 e. The third-order valence-electron chi connectivity index (χ3n) is 3.32. The number of aromatic amines is 1. The van der Waals surface area contributed by atoms with Gasteiger partial charge in [-0.05, 0) is 24.9 Å². The third kappa shape index (κ3) is 4.10. The fraction of sp³-hybridized carbons (Fsp3) is 0.375. The summed E-state index contributed by atoms with van der Waals surface area (Å²) in [5.74, 6) is 0.826. The highest BCUT2D eigenvalue weighted by molar-refractivity contribution is 7.99. The molecule has 2 N–H and O–H groups in total. The zero-order chi connectivity index (χ0) is 15.0. The van der Waals surface area contributed by atoms with E-state index >= 15 is 0 Å². The maximum absolute atomic E-state index is 9.77. The van der Waals surface area contributed by atoms with Gasteiger partial charge in [0.2, 0.25) is 0 Å². The first kappa shape index (κ1) is 15.6. The molecule has 0 aliphatic rings. The van der Waals surface area contributed by atoms with Crippen LogP contribution in [0, 0.1) is 11.3 Å². The first-order valence-electron chi connectivity index (χ1n) is 7.15. The Kier molecular flexibility index (Phi) is 5.85. The molecule has 2 rings (SSSR count). The fourth-order valence-electron chi connectivity index (χ4n) is 2.19. The maximum Gasteiger partial charge on any atom is 0.165 e. The van der Waals surface area contributed by atoms with Crippen LogP contribution in [0.1, 0.15) is 25.3 Å². The van der Waals surface area contributed by atoms with E-state index in [1.54, 1.807) is 18.0 Å². The van der Waals surface area contributed by atoms with E-state index in [1.807, 2.05) is 36.5 Å². The van der Waals surface area contributed by atoms with Crippen LogP contribution >= 0.6 is 11.8 Å². The van der Waals surface area contributed by atoms with E-state index in [4.69, 9.17) is 0 Å². The van der Waals surface area contributed by atoms with Crippen molar-refractivity contribution in [1.29, 1.82) is 5.26 Å². The lowest BCUT2D eigenvalue weighted by molar-refractivity contribution is 0.416. The van der Waals surface area contributed by atoms with Crippen LogP contribution in [0.25, 0.3) is 0 Å². The summed E-state index contributed by atoms with van der Waals surface area (Å²) >= 11 is 1.64. The van der Waals surface area contributed by atoms with Crippen molar-refractivity contribution in [3.8, 4) is 6.07 Å². The van der Waals surface area contributed by atoms with Crippen molar-refractivity contribution in [2.45, 2.75) is 30.5 Å². The number of benzene rings is 1. The second-order valence-corrected chi connectivity index (χ2v) is 5.89. The molecule has 0 aliphatic carbocycles. The SMILES string of the molecule is CCCNC(C#N)(CCSc1ncc[nH]1)c1ccccc1. The summed E-state index contributed by atoms with van der Waals surface area (Å²) in [4.78, 5) is 7.27. The normalized spacial score (nSPS) is 13.5. The Hall–Kier alpha value is -1.77. The average molecular weight is 300 g/mol. The van der Waals surface area contributed by atoms with Crippen LogP contribution in [0.15, 0.2) is 47.9 Å². The number of hydrogen-bond acceptors (Lipinski definition) is 4. The minimum Gasteiger partial charge on any atom is -0.340 e. The van der Waals surface area contributed by atoms with Gasteiger partial charge in [-0.1, -0.05) is 49.0 Å². The van der Waals surface area contributed by atoms with Crippen molar-refractivity contribution in [2.75, 3.05) is 12.3 Å². The molecule has 5 heteroatoms. The van der Waals surface area contributed by atoms with Gasteiger partial charge in [-0.15, -0.1) is 0 Å². The Morgan fingerprint density at radius 3 is 2.81 bits per heavy atom. The first-order chi connectivity index (χ1) is 10.3. The number of hydrogen-bond donors (Lipinski definition) is 2. The molecule has 110 valence electrons. The molecule has 0 saturated carbocycles. The highest BCUT2D eigenvalue weighted by Crippen LogP contribution is 2.27. The van der Waals surface area contributed by atoms with Crippen LogP contribution in [0.4, 0.5) is 0 Å². The van der Waals surface area contributed by atoms with Crippen molar-refractivity contribution in [3.63, 3.8) is 0 Å². The molecule has 1 heterocycles. The third-order valence-corrected chi connectivity index (χ3v) is 4.23. The van der Waals surface area contributed by atoms with E-state index in [1.165, 1.54) is 0 Å². The summed E-state index contributed by atoms with van der Waals surface area (Å²) in [6, 6.07) is 12.5. The minimum atomic E-state index is -0.628. The van der Waals surface area contributed by atoms with Crippen LogP contribution in [-0.2, 0) is 5.54 Å². The Morgan fingerprint density at radius 1 is 1.38 bits per heavy atom. The van der Waals surface area contributed by atoms with Gasteiger partial charge in [0, 0.05) is 18.1 Å². The summed E-state index contributed by atoms with van der Waals surface area (Å²) in [7, 11) is 0. The molecule has 1 atom stereocenters. The maximum atomic E-state index is 9.77. The van der Waals surface area contributed by atoms with Crippen molar-refractivity contribution >= 4 is 11.8 Å². The molecule has 0 fully saturated rings. The molecule has 21 heavy (non-hydrogen) atoms. The number of thioether (sulfide) groups is 1. The standard InChI is InChI=1S/C16H20N4S/c1-2-9-20-16(13-17,14-6-4-3-5-7-14)8-12-21-15-18-10-11-19-15/h3-7,10-11,20H,2,8-9,12H2,1H3,(H,18,19). The van der Waals surface area contributed by atoms with Gasteiger partial charge in [-0.25, -0.2) is 4.98 Å². The summed E-state index contributed by atoms with van der Waals surface area (Å²) in [6.45, 7) is 2.94. The van der Waals surface area contributed by atoms with Gasteiger partial charge in [0.1, 0.15) is 5.54 Å². The number of H-pyrrole nitrogens is 1. The molecule has 1 aromatic heterocycles. The van der Waals surface area contributed by atoms with Gasteiger partial charge in [0.25, 0.3) is 0 Å². The van der Waals surface area contributed by atoms with Crippen molar-refractivity contribution in [3.05, 3.63) is 48.3 Å². The average Bonchev–Trinajstić information content (AvgIpc) is 3.05. The van der Waals surface area contributed by atoms with Crippen LogP contribution in [0.3, 0.4) is 0 Å². The molecular formula is C16H20N4S. The zero-order valence-electron chi connectivity index (χ0n) is 12.2. The highest BCUT2D eigenvalue weighted by Gasteiger charge is 2.31. The summed E-state index contributed by atoms with van der Waals surface area (Å²) in [5.41, 5.74) is 0.401. The molecule has 2 aromatic rings. The van der Waals surface area contributed by atoms with E-state index < -0.39 is 5.54 Å². The van der Waals surface area contributed by atoms with Gasteiger partial charge >= 0.3 is 0 Å².